The summed E-state index contributed by atoms with van der Waals surface area (Å²) in [6, 6.07) is 7.22. The zero-order valence-electron chi connectivity index (χ0n) is 19.8. The molecule has 1 aromatic rings. The summed E-state index contributed by atoms with van der Waals surface area (Å²) in [6.45, 7) is 7.11. The van der Waals surface area contributed by atoms with Crippen LogP contribution in [0.5, 0.6) is 0 Å². The predicted octanol–water partition coefficient (Wildman–Crippen LogP) is 4.00. The van der Waals surface area contributed by atoms with Gasteiger partial charge in [-0.2, -0.15) is 0 Å². The molecule has 3 rings (SSSR count). The number of amides is 3. The first kappa shape index (κ1) is 24.1. The van der Waals surface area contributed by atoms with Crippen molar-refractivity contribution in [2.75, 3.05) is 6.54 Å². The minimum Gasteiger partial charge on any atom is -0.444 e. The maximum Gasteiger partial charge on any atom is 0.408 e. The lowest BCUT2D eigenvalue weighted by Gasteiger charge is -2.33. The van der Waals surface area contributed by atoms with E-state index in [0.29, 0.717) is 0 Å². The van der Waals surface area contributed by atoms with Crippen LogP contribution in [0.2, 0.25) is 0 Å². The second-order valence-corrected chi connectivity index (χ2v) is 10.0. The van der Waals surface area contributed by atoms with E-state index in [-0.39, 0.29) is 30.4 Å². The fourth-order valence-corrected chi connectivity index (χ4v) is 4.18. The lowest BCUT2D eigenvalue weighted by atomic mass is 9.94. The molecule has 0 bridgehead atoms. The molecule has 0 aliphatic heterocycles. The van der Waals surface area contributed by atoms with Gasteiger partial charge in [-0.1, -0.05) is 49.1 Å². The third kappa shape index (κ3) is 6.97. The van der Waals surface area contributed by atoms with Crippen molar-refractivity contribution < 1.29 is 19.1 Å². The van der Waals surface area contributed by atoms with Crippen LogP contribution in [0, 0.1) is 6.92 Å². The summed E-state index contributed by atoms with van der Waals surface area (Å²) in [7, 11) is 0. The van der Waals surface area contributed by atoms with Gasteiger partial charge in [-0.05, 0) is 58.9 Å². The average molecular weight is 444 g/mol. The number of rotatable bonds is 7. The Morgan fingerprint density at radius 1 is 1.03 bits per heavy atom. The molecule has 32 heavy (non-hydrogen) atoms. The molecule has 2 fully saturated rings. The molecule has 3 amide bonds. The van der Waals surface area contributed by atoms with Crippen molar-refractivity contribution in [3.8, 4) is 0 Å². The maximum absolute atomic E-state index is 13.5. The van der Waals surface area contributed by atoms with Crippen molar-refractivity contribution in [1.29, 1.82) is 0 Å². The van der Waals surface area contributed by atoms with Crippen LogP contribution < -0.4 is 10.6 Å². The van der Waals surface area contributed by atoms with E-state index < -0.39 is 17.7 Å². The van der Waals surface area contributed by atoms with Crippen LogP contribution in [0.4, 0.5) is 4.79 Å². The van der Waals surface area contributed by atoms with Crippen LogP contribution >= 0.6 is 0 Å². The number of aryl methyl sites for hydroxylation is 1. The predicted molar refractivity (Wildman–Crippen MR) is 123 cm³/mol. The highest BCUT2D eigenvalue weighted by Gasteiger charge is 2.41. The molecule has 1 atom stereocenters. The highest BCUT2D eigenvalue weighted by Crippen LogP contribution is 2.35. The molecule has 0 spiro atoms. The van der Waals surface area contributed by atoms with Crippen LogP contribution in [0.15, 0.2) is 24.3 Å². The number of carbonyl (C=O) groups excluding carboxylic acids is 3. The van der Waals surface area contributed by atoms with Gasteiger partial charge in [0.05, 0.1) is 0 Å². The lowest BCUT2D eigenvalue weighted by Crippen LogP contribution is -2.50. The van der Waals surface area contributed by atoms with Gasteiger partial charge in [0, 0.05) is 12.1 Å². The van der Waals surface area contributed by atoms with Crippen molar-refractivity contribution in [2.24, 2.45) is 0 Å². The number of benzene rings is 1. The van der Waals surface area contributed by atoms with E-state index >= 15 is 0 Å². The summed E-state index contributed by atoms with van der Waals surface area (Å²) in [4.78, 5) is 40.5. The van der Waals surface area contributed by atoms with Crippen molar-refractivity contribution in [3.05, 3.63) is 35.4 Å². The van der Waals surface area contributed by atoms with Gasteiger partial charge in [-0.3, -0.25) is 9.59 Å². The molecule has 2 aliphatic rings. The van der Waals surface area contributed by atoms with Gasteiger partial charge in [0.1, 0.15) is 18.2 Å². The van der Waals surface area contributed by atoms with E-state index in [9.17, 15) is 14.4 Å². The van der Waals surface area contributed by atoms with Crippen molar-refractivity contribution in [2.45, 2.75) is 96.4 Å². The molecule has 0 radical (unpaired) electrons. The quantitative estimate of drug-likeness (QED) is 0.667. The Morgan fingerprint density at radius 3 is 2.22 bits per heavy atom. The fourth-order valence-electron chi connectivity index (χ4n) is 4.18. The molecule has 7 heteroatoms. The average Bonchev–Trinajstić information content (AvgIpc) is 3.55. The van der Waals surface area contributed by atoms with Crippen molar-refractivity contribution in [1.82, 2.24) is 15.5 Å². The van der Waals surface area contributed by atoms with E-state index in [1.807, 2.05) is 31.2 Å². The van der Waals surface area contributed by atoms with Crippen molar-refractivity contribution >= 4 is 17.9 Å². The Labute approximate surface area is 191 Å². The zero-order valence-corrected chi connectivity index (χ0v) is 19.8. The highest BCUT2D eigenvalue weighted by atomic mass is 16.6. The summed E-state index contributed by atoms with van der Waals surface area (Å²) in [5, 5.41) is 5.75. The summed E-state index contributed by atoms with van der Waals surface area (Å²) >= 11 is 0. The molecule has 1 aromatic carbocycles. The number of ether oxygens (including phenoxy) is 1. The smallest absolute Gasteiger partial charge is 0.408 e. The number of hydrogen-bond donors (Lipinski definition) is 2. The second kappa shape index (κ2) is 10.4. The van der Waals surface area contributed by atoms with Gasteiger partial charge in [-0.25, -0.2) is 4.79 Å². The van der Waals surface area contributed by atoms with Crippen LogP contribution in [0.3, 0.4) is 0 Å². The van der Waals surface area contributed by atoms with Gasteiger partial charge in [-0.15, -0.1) is 0 Å². The Morgan fingerprint density at radius 2 is 1.66 bits per heavy atom. The third-order valence-electron chi connectivity index (χ3n) is 5.88. The summed E-state index contributed by atoms with van der Waals surface area (Å²) in [5.74, 6) is -0.416. The van der Waals surface area contributed by atoms with Gasteiger partial charge in [0.2, 0.25) is 11.8 Å². The molecule has 0 aromatic heterocycles. The number of alkyl carbamates (subject to hydrolysis) is 1. The van der Waals surface area contributed by atoms with E-state index in [0.717, 1.165) is 49.7 Å². The Kier molecular flexibility index (Phi) is 7.80. The summed E-state index contributed by atoms with van der Waals surface area (Å²) < 4.78 is 5.25. The first-order valence-electron chi connectivity index (χ1n) is 11.8. The molecule has 2 saturated carbocycles. The largest absolute Gasteiger partial charge is 0.444 e. The topological polar surface area (TPSA) is 87.7 Å². The molecule has 2 aliphatic carbocycles. The second-order valence-electron chi connectivity index (χ2n) is 10.0. The number of nitrogens with one attached hydrogen (secondary N) is 2. The number of hydrogen-bond acceptors (Lipinski definition) is 4. The first-order chi connectivity index (χ1) is 15.1. The zero-order chi connectivity index (χ0) is 23.3. The molecule has 176 valence electrons. The molecular weight excluding hydrogens is 406 g/mol. The molecule has 0 heterocycles. The summed E-state index contributed by atoms with van der Waals surface area (Å²) in [5.41, 5.74) is 1.24. The monoisotopic (exact) mass is 443 g/mol. The van der Waals surface area contributed by atoms with Gasteiger partial charge >= 0.3 is 6.09 Å². The fraction of sp³-hybridized carbons (Fsp3) is 0.640. The van der Waals surface area contributed by atoms with Gasteiger partial charge < -0.3 is 20.3 Å². The van der Waals surface area contributed by atoms with Crippen LogP contribution in [-0.4, -0.2) is 47.0 Å². The van der Waals surface area contributed by atoms with Crippen molar-refractivity contribution in [3.63, 3.8) is 0 Å². The molecule has 2 N–H and O–H groups in total. The van der Waals surface area contributed by atoms with E-state index in [1.165, 1.54) is 6.42 Å². The lowest BCUT2D eigenvalue weighted by molar-refractivity contribution is -0.141. The van der Waals surface area contributed by atoms with Crippen LogP contribution in [-0.2, 0) is 14.3 Å². The molecule has 1 unspecified atom stereocenters. The Hall–Kier alpha value is -2.57. The van der Waals surface area contributed by atoms with Crippen LogP contribution in [0.25, 0.3) is 0 Å². The van der Waals surface area contributed by atoms with Crippen LogP contribution in [0.1, 0.15) is 82.9 Å². The first-order valence-corrected chi connectivity index (χ1v) is 11.8. The molecule has 7 nitrogen and oxygen atoms in total. The Bertz CT molecular complexity index is 805. The number of carbonyl (C=O) groups is 3. The minimum atomic E-state index is -0.710. The Balaban J connectivity index is 1.78. The summed E-state index contributed by atoms with van der Waals surface area (Å²) in [6.07, 6.45) is 6.47. The standard InChI is InChI=1S/C25H37N3O4/c1-17-10-12-18(13-11-17)22(23(30)27-19-8-6-5-7-9-19)28(20-14-15-20)21(29)16-26-24(31)32-25(2,3)4/h10-13,19-20,22H,5-9,14-16H2,1-4H3,(H,26,31)(H,27,30). The highest BCUT2D eigenvalue weighted by molar-refractivity contribution is 5.91. The SMILES string of the molecule is Cc1ccc(C(C(=O)NC2CCCCC2)N(C(=O)CNC(=O)OC(C)(C)C)C2CC2)cc1. The van der Waals surface area contributed by atoms with E-state index in [2.05, 4.69) is 10.6 Å². The van der Waals surface area contributed by atoms with Gasteiger partial charge in [0.25, 0.3) is 0 Å². The molecule has 0 saturated heterocycles. The normalized spacial score (nSPS) is 17.9. The maximum atomic E-state index is 13.5. The molecular formula is C25H37N3O4. The number of nitrogens with zero attached hydrogens (tertiary/aromatic N) is 1. The van der Waals surface area contributed by atoms with E-state index in [1.54, 1.807) is 25.7 Å². The van der Waals surface area contributed by atoms with Gasteiger partial charge in [0.15, 0.2) is 0 Å². The van der Waals surface area contributed by atoms with E-state index in [4.69, 9.17) is 4.74 Å². The minimum absolute atomic E-state index is 0.00588. The third-order valence-corrected chi connectivity index (χ3v) is 5.88.